The summed E-state index contributed by atoms with van der Waals surface area (Å²) in [6.07, 6.45) is -0.570. The molecule has 2 amide bonds. The number of fused-ring (bicyclic) bond motifs is 1. The van der Waals surface area contributed by atoms with E-state index in [1.807, 2.05) is 13.8 Å². The highest BCUT2D eigenvalue weighted by Gasteiger charge is 2.14. The monoisotopic (exact) mass is 302 g/mol. The van der Waals surface area contributed by atoms with E-state index in [9.17, 15) is 14.7 Å². The standard InChI is InChI=1S/C16H18N2O4/c1-9(2)8-22-16(21)18-13-5-3-4-11-10(13)6-7-12(14(11)19)15(17)20/h3-7,9,19H,8H2,1-2H3,(H2,17,20)(H,18,21). The van der Waals surface area contributed by atoms with E-state index in [0.717, 1.165) is 0 Å². The van der Waals surface area contributed by atoms with Crippen molar-refractivity contribution in [1.82, 2.24) is 0 Å². The molecule has 0 aliphatic carbocycles. The molecule has 6 nitrogen and oxygen atoms in total. The van der Waals surface area contributed by atoms with Gasteiger partial charge in [-0.1, -0.05) is 32.0 Å². The Labute approximate surface area is 127 Å². The molecular formula is C16H18N2O4. The maximum atomic E-state index is 11.8. The van der Waals surface area contributed by atoms with Crippen molar-refractivity contribution in [2.24, 2.45) is 11.7 Å². The molecule has 0 radical (unpaired) electrons. The van der Waals surface area contributed by atoms with Gasteiger partial charge in [-0.3, -0.25) is 10.1 Å². The van der Waals surface area contributed by atoms with Crippen molar-refractivity contribution in [2.45, 2.75) is 13.8 Å². The second kappa shape index (κ2) is 6.34. The van der Waals surface area contributed by atoms with Gasteiger partial charge in [0.25, 0.3) is 5.91 Å². The number of ether oxygens (including phenoxy) is 1. The van der Waals surface area contributed by atoms with Gasteiger partial charge in [0.1, 0.15) is 5.75 Å². The molecule has 4 N–H and O–H groups in total. The largest absolute Gasteiger partial charge is 0.506 e. The molecule has 0 unspecified atom stereocenters. The number of carbonyl (C=O) groups is 2. The van der Waals surface area contributed by atoms with Crippen LogP contribution < -0.4 is 11.1 Å². The second-order valence-electron chi connectivity index (χ2n) is 5.34. The Hall–Kier alpha value is -2.76. The van der Waals surface area contributed by atoms with E-state index in [1.54, 1.807) is 24.3 Å². The number of hydrogen-bond donors (Lipinski definition) is 3. The Morgan fingerprint density at radius 2 is 1.95 bits per heavy atom. The van der Waals surface area contributed by atoms with E-state index in [0.29, 0.717) is 23.1 Å². The topological polar surface area (TPSA) is 102 Å². The summed E-state index contributed by atoms with van der Waals surface area (Å²) in [5, 5.41) is 13.8. The lowest BCUT2D eigenvalue weighted by Gasteiger charge is -2.12. The fourth-order valence-electron chi connectivity index (χ4n) is 2.04. The number of hydrogen-bond acceptors (Lipinski definition) is 4. The van der Waals surface area contributed by atoms with Crippen molar-refractivity contribution in [3.63, 3.8) is 0 Å². The molecule has 0 aromatic heterocycles. The molecule has 0 fully saturated rings. The molecule has 0 spiro atoms. The first-order valence-corrected chi connectivity index (χ1v) is 6.88. The summed E-state index contributed by atoms with van der Waals surface area (Å²) >= 11 is 0. The van der Waals surface area contributed by atoms with Crippen LogP contribution in [0, 0.1) is 5.92 Å². The highest BCUT2D eigenvalue weighted by molar-refractivity contribution is 6.07. The van der Waals surface area contributed by atoms with Crippen molar-refractivity contribution in [2.75, 3.05) is 11.9 Å². The number of aromatic hydroxyl groups is 1. The van der Waals surface area contributed by atoms with Crippen LogP contribution in [0.25, 0.3) is 10.8 Å². The van der Waals surface area contributed by atoms with Gasteiger partial charge < -0.3 is 15.6 Å². The zero-order valence-corrected chi connectivity index (χ0v) is 12.4. The first kappa shape index (κ1) is 15.6. The van der Waals surface area contributed by atoms with Crippen LogP contribution in [0.1, 0.15) is 24.2 Å². The predicted molar refractivity (Wildman–Crippen MR) is 83.9 cm³/mol. The number of nitrogens with one attached hydrogen (secondary N) is 1. The van der Waals surface area contributed by atoms with Gasteiger partial charge in [0.05, 0.1) is 17.9 Å². The lowest BCUT2D eigenvalue weighted by molar-refractivity contribution is 0.0998. The van der Waals surface area contributed by atoms with Crippen LogP contribution in [0.3, 0.4) is 0 Å². The number of benzene rings is 2. The zero-order chi connectivity index (χ0) is 16.3. The number of nitrogens with two attached hydrogens (primary N) is 1. The van der Waals surface area contributed by atoms with E-state index in [4.69, 9.17) is 10.5 Å². The number of carbonyl (C=O) groups excluding carboxylic acids is 2. The van der Waals surface area contributed by atoms with Crippen molar-refractivity contribution >= 4 is 28.5 Å². The van der Waals surface area contributed by atoms with E-state index in [2.05, 4.69) is 5.32 Å². The molecule has 2 aromatic carbocycles. The molecule has 0 saturated heterocycles. The highest BCUT2D eigenvalue weighted by Crippen LogP contribution is 2.32. The molecule has 0 aliphatic rings. The average Bonchev–Trinajstić information content (AvgIpc) is 2.46. The Kier molecular flexibility index (Phi) is 4.50. The summed E-state index contributed by atoms with van der Waals surface area (Å²) in [4.78, 5) is 23.0. The fourth-order valence-corrected chi connectivity index (χ4v) is 2.04. The molecular weight excluding hydrogens is 284 g/mol. The number of rotatable bonds is 4. The Morgan fingerprint density at radius 3 is 2.59 bits per heavy atom. The molecule has 116 valence electrons. The third kappa shape index (κ3) is 3.28. The molecule has 0 saturated carbocycles. The maximum Gasteiger partial charge on any atom is 0.411 e. The molecule has 0 bridgehead atoms. The van der Waals surface area contributed by atoms with Gasteiger partial charge in [-0.2, -0.15) is 0 Å². The Bertz CT molecular complexity index is 725. The van der Waals surface area contributed by atoms with E-state index in [-0.39, 0.29) is 17.2 Å². The highest BCUT2D eigenvalue weighted by atomic mass is 16.5. The third-order valence-corrected chi connectivity index (χ3v) is 3.08. The smallest absolute Gasteiger partial charge is 0.411 e. The number of phenols is 1. The third-order valence-electron chi connectivity index (χ3n) is 3.08. The minimum atomic E-state index is -0.714. The first-order valence-electron chi connectivity index (χ1n) is 6.88. The van der Waals surface area contributed by atoms with Crippen LogP contribution in [0.15, 0.2) is 30.3 Å². The van der Waals surface area contributed by atoms with Gasteiger partial charge in [0, 0.05) is 10.8 Å². The van der Waals surface area contributed by atoms with Gasteiger partial charge in [-0.25, -0.2) is 4.79 Å². The SMILES string of the molecule is CC(C)COC(=O)Nc1cccc2c(O)c(C(N)=O)ccc12. The van der Waals surface area contributed by atoms with Crippen molar-refractivity contribution < 1.29 is 19.4 Å². The van der Waals surface area contributed by atoms with Gasteiger partial charge in [0.15, 0.2) is 0 Å². The molecule has 6 heteroatoms. The summed E-state index contributed by atoms with van der Waals surface area (Å²) in [5.74, 6) is -0.682. The van der Waals surface area contributed by atoms with Crippen molar-refractivity contribution in [3.8, 4) is 5.75 Å². The normalized spacial score (nSPS) is 10.7. The quantitative estimate of drug-likeness (QED) is 0.808. The molecule has 0 heterocycles. The fraction of sp³-hybridized carbons (Fsp3) is 0.250. The molecule has 0 aliphatic heterocycles. The zero-order valence-electron chi connectivity index (χ0n) is 12.4. The van der Waals surface area contributed by atoms with Crippen LogP contribution in [-0.2, 0) is 4.74 Å². The molecule has 0 atom stereocenters. The van der Waals surface area contributed by atoms with Crippen molar-refractivity contribution in [1.29, 1.82) is 0 Å². The van der Waals surface area contributed by atoms with Gasteiger partial charge in [-0.15, -0.1) is 0 Å². The van der Waals surface area contributed by atoms with Crippen LogP contribution in [0.2, 0.25) is 0 Å². The summed E-state index contributed by atoms with van der Waals surface area (Å²) in [6.45, 7) is 4.19. The summed E-state index contributed by atoms with van der Waals surface area (Å²) in [5.41, 5.74) is 5.72. The average molecular weight is 302 g/mol. The van der Waals surface area contributed by atoms with Crippen LogP contribution in [0.4, 0.5) is 10.5 Å². The Morgan fingerprint density at radius 1 is 1.23 bits per heavy atom. The van der Waals surface area contributed by atoms with Crippen LogP contribution in [-0.4, -0.2) is 23.7 Å². The van der Waals surface area contributed by atoms with Crippen LogP contribution in [0.5, 0.6) is 5.75 Å². The molecule has 2 aromatic rings. The molecule has 22 heavy (non-hydrogen) atoms. The molecule has 2 rings (SSSR count). The van der Waals surface area contributed by atoms with Gasteiger partial charge in [-0.05, 0) is 18.1 Å². The Balaban J connectivity index is 2.34. The summed E-state index contributed by atoms with van der Waals surface area (Å²) in [6, 6.07) is 8.02. The lowest BCUT2D eigenvalue weighted by Crippen LogP contribution is -2.16. The number of primary amides is 1. The van der Waals surface area contributed by atoms with E-state index >= 15 is 0 Å². The van der Waals surface area contributed by atoms with E-state index < -0.39 is 12.0 Å². The minimum absolute atomic E-state index is 0.0343. The van der Waals surface area contributed by atoms with Gasteiger partial charge in [0.2, 0.25) is 0 Å². The lowest BCUT2D eigenvalue weighted by atomic mass is 10.0. The number of amides is 2. The summed E-state index contributed by atoms with van der Waals surface area (Å²) < 4.78 is 5.06. The predicted octanol–water partition coefficient (Wildman–Crippen LogP) is 2.85. The first-order chi connectivity index (χ1) is 10.4. The van der Waals surface area contributed by atoms with Crippen LogP contribution >= 0.6 is 0 Å². The maximum absolute atomic E-state index is 11.8. The number of anilines is 1. The van der Waals surface area contributed by atoms with Crippen molar-refractivity contribution in [3.05, 3.63) is 35.9 Å². The van der Waals surface area contributed by atoms with E-state index in [1.165, 1.54) is 6.07 Å². The minimum Gasteiger partial charge on any atom is -0.506 e. The van der Waals surface area contributed by atoms with Gasteiger partial charge >= 0.3 is 6.09 Å². The summed E-state index contributed by atoms with van der Waals surface area (Å²) in [7, 11) is 0. The second-order valence-corrected chi connectivity index (χ2v) is 5.34.